The molecule has 3 aromatic carbocycles. The zero-order valence-corrected chi connectivity index (χ0v) is 17.7. The molecule has 0 fully saturated rings. The van der Waals surface area contributed by atoms with Crippen molar-refractivity contribution in [2.75, 3.05) is 18.6 Å². The predicted octanol–water partition coefficient (Wildman–Crippen LogP) is 5.00. The molecular weight excluding hydrogens is 408 g/mol. The van der Waals surface area contributed by atoms with Crippen molar-refractivity contribution in [1.29, 1.82) is 0 Å². The Kier molecular flexibility index (Phi) is 5.09. The Morgan fingerprint density at radius 3 is 2.81 bits per heavy atom. The van der Waals surface area contributed by atoms with Crippen LogP contribution in [0.15, 0.2) is 79.1 Å². The van der Waals surface area contributed by atoms with Crippen LogP contribution in [0.3, 0.4) is 0 Å². The SMILES string of the molecule is COc1ccc2nc(N(CCn3cccn3)C(=O)c3cccc4ccccc34)sc2c1. The molecule has 0 saturated carbocycles. The molecule has 0 radical (unpaired) electrons. The van der Waals surface area contributed by atoms with E-state index < -0.39 is 0 Å². The fourth-order valence-corrected chi connectivity index (χ4v) is 4.63. The average Bonchev–Trinajstić information content (AvgIpc) is 3.48. The lowest BCUT2D eigenvalue weighted by molar-refractivity contribution is 0.0987. The molecule has 2 aromatic heterocycles. The number of anilines is 1. The van der Waals surface area contributed by atoms with Crippen LogP contribution in [0, 0.1) is 0 Å². The van der Waals surface area contributed by atoms with Gasteiger partial charge < -0.3 is 4.74 Å². The molecule has 1 amide bonds. The first-order chi connectivity index (χ1) is 15.2. The Labute approximate surface area is 183 Å². The summed E-state index contributed by atoms with van der Waals surface area (Å²) in [6.07, 6.45) is 3.63. The van der Waals surface area contributed by atoms with E-state index in [-0.39, 0.29) is 5.91 Å². The van der Waals surface area contributed by atoms with Gasteiger partial charge >= 0.3 is 0 Å². The fourth-order valence-electron chi connectivity index (χ4n) is 3.61. The van der Waals surface area contributed by atoms with Crippen molar-refractivity contribution in [2.45, 2.75) is 6.54 Å². The summed E-state index contributed by atoms with van der Waals surface area (Å²) in [5.41, 5.74) is 1.51. The highest BCUT2D eigenvalue weighted by atomic mass is 32.1. The van der Waals surface area contributed by atoms with E-state index in [9.17, 15) is 4.79 Å². The Balaban J connectivity index is 1.57. The summed E-state index contributed by atoms with van der Waals surface area (Å²) in [5, 5.41) is 6.90. The largest absolute Gasteiger partial charge is 0.497 e. The molecule has 0 atom stereocenters. The number of methoxy groups -OCH3 is 1. The normalized spacial score (nSPS) is 11.1. The van der Waals surface area contributed by atoms with Gasteiger partial charge in [0.15, 0.2) is 5.13 Å². The second-order valence-electron chi connectivity index (χ2n) is 7.08. The van der Waals surface area contributed by atoms with E-state index in [1.807, 2.05) is 77.6 Å². The van der Waals surface area contributed by atoms with Crippen LogP contribution in [0.5, 0.6) is 5.75 Å². The monoisotopic (exact) mass is 428 g/mol. The molecule has 0 saturated heterocycles. The summed E-state index contributed by atoms with van der Waals surface area (Å²) in [4.78, 5) is 20.3. The van der Waals surface area contributed by atoms with Gasteiger partial charge in [0.05, 0.1) is 23.9 Å². The van der Waals surface area contributed by atoms with Crippen LogP contribution in [0.4, 0.5) is 5.13 Å². The molecular formula is C24H20N4O2S. The second-order valence-corrected chi connectivity index (χ2v) is 8.09. The number of aromatic nitrogens is 3. The molecule has 154 valence electrons. The first kappa shape index (κ1) is 19.3. The molecule has 0 unspecified atom stereocenters. The number of hydrogen-bond acceptors (Lipinski definition) is 5. The Morgan fingerprint density at radius 1 is 1.10 bits per heavy atom. The highest BCUT2D eigenvalue weighted by Crippen LogP contribution is 2.33. The molecule has 5 aromatic rings. The Hall–Kier alpha value is -3.71. The number of hydrogen-bond donors (Lipinski definition) is 0. The Morgan fingerprint density at radius 2 is 1.97 bits per heavy atom. The number of carbonyl (C=O) groups is 1. The van der Waals surface area contributed by atoms with Crippen LogP contribution < -0.4 is 9.64 Å². The van der Waals surface area contributed by atoms with Gasteiger partial charge in [-0.1, -0.05) is 47.7 Å². The molecule has 0 aliphatic carbocycles. The van der Waals surface area contributed by atoms with Crippen molar-refractivity contribution in [3.8, 4) is 5.75 Å². The number of benzene rings is 3. The lowest BCUT2D eigenvalue weighted by atomic mass is 10.0. The first-order valence-electron chi connectivity index (χ1n) is 9.94. The molecule has 0 aliphatic rings. The van der Waals surface area contributed by atoms with Gasteiger partial charge in [-0.2, -0.15) is 5.10 Å². The summed E-state index contributed by atoms with van der Waals surface area (Å²) in [6, 6.07) is 21.4. The highest BCUT2D eigenvalue weighted by molar-refractivity contribution is 7.22. The van der Waals surface area contributed by atoms with E-state index in [1.165, 1.54) is 11.3 Å². The van der Waals surface area contributed by atoms with Crippen molar-refractivity contribution in [2.24, 2.45) is 0 Å². The van der Waals surface area contributed by atoms with Crippen LogP contribution in [-0.4, -0.2) is 34.3 Å². The van der Waals surface area contributed by atoms with Crippen molar-refractivity contribution in [3.63, 3.8) is 0 Å². The highest BCUT2D eigenvalue weighted by Gasteiger charge is 2.23. The van der Waals surface area contributed by atoms with Crippen LogP contribution >= 0.6 is 11.3 Å². The van der Waals surface area contributed by atoms with E-state index >= 15 is 0 Å². The number of ether oxygens (including phenoxy) is 1. The predicted molar refractivity (Wildman–Crippen MR) is 124 cm³/mol. The molecule has 6 nitrogen and oxygen atoms in total. The number of fused-ring (bicyclic) bond motifs is 2. The van der Waals surface area contributed by atoms with Crippen molar-refractivity contribution in [3.05, 3.63) is 84.7 Å². The van der Waals surface area contributed by atoms with Gasteiger partial charge in [-0.25, -0.2) is 4.98 Å². The van der Waals surface area contributed by atoms with Crippen molar-refractivity contribution in [1.82, 2.24) is 14.8 Å². The summed E-state index contributed by atoms with van der Waals surface area (Å²) >= 11 is 1.48. The molecule has 2 heterocycles. The third kappa shape index (κ3) is 3.75. The van der Waals surface area contributed by atoms with Gasteiger partial charge in [0.1, 0.15) is 5.75 Å². The lowest BCUT2D eigenvalue weighted by Crippen LogP contribution is -2.34. The van der Waals surface area contributed by atoms with Gasteiger partial charge in [0.25, 0.3) is 5.91 Å². The third-order valence-corrected chi connectivity index (χ3v) is 6.23. The standard InChI is InChI=1S/C24H20N4O2S/c1-30-18-10-11-21-22(16-18)31-24(26-21)28(15-14-27-13-5-12-25-27)23(29)20-9-4-7-17-6-2-3-8-19(17)20/h2-13,16H,14-15H2,1H3. The topological polar surface area (TPSA) is 60.2 Å². The van der Waals surface area contributed by atoms with Crippen LogP contribution in [-0.2, 0) is 6.54 Å². The zero-order valence-electron chi connectivity index (χ0n) is 16.9. The minimum Gasteiger partial charge on any atom is -0.497 e. The number of thiazole rings is 1. The summed E-state index contributed by atoms with van der Waals surface area (Å²) in [5.74, 6) is 0.696. The number of rotatable bonds is 6. The summed E-state index contributed by atoms with van der Waals surface area (Å²) in [6.45, 7) is 1.03. The maximum absolute atomic E-state index is 13.8. The number of nitrogens with zero attached hydrogens (tertiary/aromatic N) is 4. The molecule has 5 rings (SSSR count). The van der Waals surface area contributed by atoms with E-state index in [0.29, 0.717) is 23.8 Å². The van der Waals surface area contributed by atoms with Gasteiger partial charge in [-0.3, -0.25) is 14.4 Å². The van der Waals surface area contributed by atoms with E-state index in [1.54, 1.807) is 18.2 Å². The van der Waals surface area contributed by atoms with Gasteiger partial charge in [0.2, 0.25) is 0 Å². The first-order valence-corrected chi connectivity index (χ1v) is 10.8. The van der Waals surface area contributed by atoms with E-state index in [2.05, 4.69) is 5.10 Å². The molecule has 0 spiro atoms. The summed E-state index contributed by atoms with van der Waals surface area (Å²) < 4.78 is 8.14. The minimum absolute atomic E-state index is 0.0741. The Bertz CT molecular complexity index is 1360. The maximum atomic E-state index is 13.8. The second kappa shape index (κ2) is 8.20. The molecule has 7 heteroatoms. The molecule has 31 heavy (non-hydrogen) atoms. The smallest absolute Gasteiger partial charge is 0.260 e. The quantitative estimate of drug-likeness (QED) is 0.382. The number of carbonyl (C=O) groups excluding carboxylic acids is 1. The minimum atomic E-state index is -0.0741. The molecule has 0 aliphatic heterocycles. The fraction of sp³-hybridized carbons (Fsp3) is 0.125. The van der Waals surface area contributed by atoms with Crippen LogP contribution in [0.2, 0.25) is 0 Å². The lowest BCUT2D eigenvalue weighted by Gasteiger charge is -2.21. The van der Waals surface area contributed by atoms with Crippen molar-refractivity contribution >= 4 is 43.4 Å². The van der Waals surface area contributed by atoms with Crippen LogP contribution in [0.25, 0.3) is 21.0 Å². The average molecular weight is 429 g/mol. The van der Waals surface area contributed by atoms with Crippen LogP contribution in [0.1, 0.15) is 10.4 Å². The van der Waals surface area contributed by atoms with Gasteiger partial charge in [-0.15, -0.1) is 0 Å². The molecule has 0 N–H and O–H groups in total. The molecule has 0 bridgehead atoms. The summed E-state index contributed by atoms with van der Waals surface area (Å²) in [7, 11) is 1.64. The maximum Gasteiger partial charge on any atom is 0.260 e. The zero-order chi connectivity index (χ0) is 21.2. The van der Waals surface area contributed by atoms with E-state index in [4.69, 9.17) is 9.72 Å². The number of amides is 1. The van der Waals surface area contributed by atoms with Gasteiger partial charge in [-0.05, 0) is 41.1 Å². The van der Waals surface area contributed by atoms with Crippen molar-refractivity contribution < 1.29 is 9.53 Å². The van der Waals surface area contributed by atoms with Gasteiger partial charge in [0, 0.05) is 24.5 Å². The third-order valence-electron chi connectivity index (χ3n) is 5.19. The van der Waals surface area contributed by atoms with E-state index in [0.717, 1.165) is 26.7 Å².